The highest BCUT2D eigenvalue weighted by Gasteiger charge is 2.20. The second kappa shape index (κ2) is 7.72. The Morgan fingerprint density at radius 1 is 1.36 bits per heavy atom. The summed E-state index contributed by atoms with van der Waals surface area (Å²) in [5.74, 6) is -1.76. The van der Waals surface area contributed by atoms with Gasteiger partial charge in [0.25, 0.3) is 5.69 Å². The summed E-state index contributed by atoms with van der Waals surface area (Å²) in [4.78, 5) is 32.9. The van der Waals surface area contributed by atoms with E-state index in [2.05, 4.69) is 5.32 Å². The predicted octanol–water partition coefficient (Wildman–Crippen LogP) is 3.14. The summed E-state index contributed by atoms with van der Waals surface area (Å²) in [5, 5.41) is 22.3. The molecule has 0 radical (unpaired) electrons. The van der Waals surface area contributed by atoms with Crippen LogP contribution in [-0.4, -0.2) is 21.9 Å². The molecule has 7 heteroatoms. The van der Waals surface area contributed by atoms with Crippen LogP contribution in [0.2, 0.25) is 0 Å². The lowest BCUT2D eigenvalue weighted by molar-refractivity contribution is -0.385. The number of anilines is 1. The fourth-order valence-electron chi connectivity index (χ4n) is 1.81. The zero-order chi connectivity index (χ0) is 16.7. The molecule has 0 atom stereocenters. The molecule has 0 heterocycles. The van der Waals surface area contributed by atoms with Crippen LogP contribution in [0.15, 0.2) is 42.0 Å². The number of amides is 1. The van der Waals surface area contributed by atoms with E-state index in [1.807, 2.05) is 6.92 Å². The summed E-state index contributed by atoms with van der Waals surface area (Å²) in [7, 11) is 0. The van der Waals surface area contributed by atoms with E-state index in [0.29, 0.717) is 0 Å². The Labute approximate surface area is 127 Å². The number of aromatic carboxylic acids is 1. The van der Waals surface area contributed by atoms with E-state index in [1.54, 1.807) is 25.2 Å². The van der Waals surface area contributed by atoms with Crippen LogP contribution in [0.5, 0.6) is 0 Å². The number of nitro groups is 1. The van der Waals surface area contributed by atoms with Gasteiger partial charge in [-0.3, -0.25) is 14.9 Å². The average molecular weight is 304 g/mol. The summed E-state index contributed by atoms with van der Waals surface area (Å²) in [5.41, 5.74) is 0.0142. The lowest BCUT2D eigenvalue weighted by atomic mass is 10.1. The van der Waals surface area contributed by atoms with Crippen LogP contribution in [0.3, 0.4) is 0 Å². The van der Waals surface area contributed by atoms with Gasteiger partial charge in [-0.2, -0.15) is 0 Å². The lowest BCUT2D eigenvalue weighted by Crippen LogP contribution is -2.13. The minimum absolute atomic E-state index is 0.125. The van der Waals surface area contributed by atoms with Crippen LogP contribution in [0.4, 0.5) is 11.4 Å². The summed E-state index contributed by atoms with van der Waals surface area (Å²) in [6.45, 7) is 3.63. The second-order valence-corrected chi connectivity index (χ2v) is 4.38. The maximum absolute atomic E-state index is 11.9. The van der Waals surface area contributed by atoms with Crippen molar-refractivity contribution in [3.8, 4) is 0 Å². The van der Waals surface area contributed by atoms with Crippen LogP contribution in [0.1, 0.15) is 30.6 Å². The van der Waals surface area contributed by atoms with E-state index in [-0.39, 0.29) is 18.0 Å². The lowest BCUT2D eigenvalue weighted by Gasteiger charge is -2.07. The Kier molecular flexibility index (Phi) is 6.00. The first kappa shape index (κ1) is 17.1. The summed E-state index contributed by atoms with van der Waals surface area (Å²) >= 11 is 0. The zero-order valence-electron chi connectivity index (χ0n) is 12.2. The number of carbonyl (C=O) groups is 2. The smallest absolute Gasteiger partial charge is 0.342 e. The highest BCUT2D eigenvalue weighted by atomic mass is 16.6. The van der Waals surface area contributed by atoms with Crippen molar-refractivity contribution in [2.75, 3.05) is 5.32 Å². The van der Waals surface area contributed by atoms with Gasteiger partial charge in [-0.1, -0.05) is 18.2 Å². The summed E-state index contributed by atoms with van der Waals surface area (Å²) in [6.07, 6.45) is 5.51. The third kappa shape index (κ3) is 4.55. The maximum Gasteiger partial charge on any atom is 0.342 e. The van der Waals surface area contributed by atoms with Gasteiger partial charge in [0.2, 0.25) is 5.91 Å². The van der Waals surface area contributed by atoms with Crippen molar-refractivity contribution >= 4 is 23.3 Å². The van der Waals surface area contributed by atoms with Crippen LogP contribution in [0, 0.1) is 10.1 Å². The molecule has 0 aliphatic rings. The van der Waals surface area contributed by atoms with Gasteiger partial charge in [0, 0.05) is 11.8 Å². The molecule has 0 aliphatic heterocycles. The Morgan fingerprint density at radius 3 is 2.55 bits per heavy atom. The quantitative estimate of drug-likeness (QED) is 0.476. The van der Waals surface area contributed by atoms with E-state index in [1.165, 1.54) is 6.07 Å². The van der Waals surface area contributed by atoms with Crippen molar-refractivity contribution in [2.45, 2.75) is 20.3 Å². The number of rotatable bonds is 6. The van der Waals surface area contributed by atoms with Crippen molar-refractivity contribution in [3.63, 3.8) is 0 Å². The van der Waals surface area contributed by atoms with Crippen molar-refractivity contribution in [3.05, 3.63) is 57.7 Å². The van der Waals surface area contributed by atoms with Gasteiger partial charge in [0.05, 0.1) is 11.3 Å². The molecule has 0 aromatic heterocycles. The number of nitrogens with zero attached hydrogens (tertiary/aromatic N) is 1. The predicted molar refractivity (Wildman–Crippen MR) is 81.9 cm³/mol. The van der Waals surface area contributed by atoms with E-state index < -0.39 is 22.1 Å². The van der Waals surface area contributed by atoms with Crippen molar-refractivity contribution < 1.29 is 19.6 Å². The molecule has 0 saturated heterocycles. The standard InChI is InChI=1S/C15H16N2O5/c1-3-5-10(4-2)8-14(18)16-11-6-7-13(17(21)22)12(9-11)15(19)20/h3-7,9H,8H2,1-2H3,(H,16,18)(H,19,20)/b5-3-,10-4+. The third-order valence-corrected chi connectivity index (χ3v) is 2.82. The van der Waals surface area contributed by atoms with Gasteiger partial charge in [-0.15, -0.1) is 0 Å². The number of nitrogens with one attached hydrogen (secondary N) is 1. The number of benzene rings is 1. The molecule has 0 unspecified atom stereocenters. The highest BCUT2D eigenvalue weighted by molar-refractivity contribution is 5.97. The molecule has 1 aromatic carbocycles. The van der Waals surface area contributed by atoms with Gasteiger partial charge < -0.3 is 10.4 Å². The average Bonchev–Trinajstić information content (AvgIpc) is 2.46. The second-order valence-electron chi connectivity index (χ2n) is 4.38. The van der Waals surface area contributed by atoms with Gasteiger partial charge in [0.15, 0.2) is 0 Å². The largest absolute Gasteiger partial charge is 0.477 e. The Morgan fingerprint density at radius 2 is 2.05 bits per heavy atom. The molecule has 0 spiro atoms. The van der Waals surface area contributed by atoms with Crippen LogP contribution < -0.4 is 5.32 Å². The molecule has 22 heavy (non-hydrogen) atoms. The Hall–Kier alpha value is -2.96. The van der Waals surface area contributed by atoms with Crippen LogP contribution in [0.25, 0.3) is 0 Å². The number of nitro benzene ring substituents is 1. The third-order valence-electron chi connectivity index (χ3n) is 2.82. The number of hydrogen-bond donors (Lipinski definition) is 2. The minimum Gasteiger partial charge on any atom is -0.477 e. The fourth-order valence-corrected chi connectivity index (χ4v) is 1.81. The first-order valence-corrected chi connectivity index (χ1v) is 6.48. The SMILES string of the molecule is C/C=C\C(=C/C)CC(=O)Nc1ccc([N+](=O)[O-])c(C(=O)O)c1. The topological polar surface area (TPSA) is 110 Å². The van der Waals surface area contributed by atoms with Gasteiger partial charge in [-0.25, -0.2) is 4.79 Å². The summed E-state index contributed by atoms with van der Waals surface area (Å²) < 4.78 is 0. The summed E-state index contributed by atoms with van der Waals surface area (Å²) in [6, 6.07) is 3.43. The number of carboxylic acid groups (broad SMARTS) is 1. The van der Waals surface area contributed by atoms with Crippen molar-refractivity contribution in [2.24, 2.45) is 0 Å². The van der Waals surface area contributed by atoms with E-state index in [4.69, 9.17) is 5.11 Å². The van der Waals surface area contributed by atoms with Gasteiger partial charge in [-0.05, 0) is 31.6 Å². The molecule has 116 valence electrons. The number of allylic oxidation sites excluding steroid dienone is 3. The highest BCUT2D eigenvalue weighted by Crippen LogP contribution is 2.23. The minimum atomic E-state index is -1.43. The van der Waals surface area contributed by atoms with Crippen molar-refractivity contribution in [1.29, 1.82) is 0 Å². The molecule has 0 fully saturated rings. The molecule has 1 aromatic rings. The molecule has 0 bridgehead atoms. The molecular formula is C15H16N2O5. The van der Waals surface area contributed by atoms with E-state index in [0.717, 1.165) is 17.7 Å². The Balaban J connectivity index is 2.95. The number of hydrogen-bond acceptors (Lipinski definition) is 4. The molecule has 7 nitrogen and oxygen atoms in total. The van der Waals surface area contributed by atoms with Crippen LogP contribution >= 0.6 is 0 Å². The monoisotopic (exact) mass is 304 g/mol. The molecule has 1 rings (SSSR count). The molecular weight excluding hydrogens is 288 g/mol. The first-order valence-electron chi connectivity index (χ1n) is 6.48. The Bertz CT molecular complexity index is 662. The fraction of sp³-hybridized carbons (Fsp3) is 0.200. The number of carbonyl (C=O) groups excluding carboxylic acids is 1. The van der Waals surface area contributed by atoms with Crippen LogP contribution in [-0.2, 0) is 4.79 Å². The van der Waals surface area contributed by atoms with Crippen molar-refractivity contribution in [1.82, 2.24) is 0 Å². The maximum atomic E-state index is 11.9. The van der Waals surface area contributed by atoms with Gasteiger partial charge >= 0.3 is 5.97 Å². The number of carboxylic acids is 1. The molecule has 1 amide bonds. The van der Waals surface area contributed by atoms with Gasteiger partial charge in [0.1, 0.15) is 5.56 Å². The molecule has 2 N–H and O–H groups in total. The van der Waals surface area contributed by atoms with E-state index >= 15 is 0 Å². The first-order chi connectivity index (χ1) is 10.4. The normalized spacial score (nSPS) is 11.5. The molecule has 0 saturated carbocycles. The van der Waals surface area contributed by atoms with E-state index in [9.17, 15) is 19.7 Å². The zero-order valence-corrected chi connectivity index (χ0v) is 12.2. The molecule has 0 aliphatic carbocycles.